The molecule has 20 heavy (non-hydrogen) atoms. The van der Waals surface area contributed by atoms with Crippen LogP contribution in [0.25, 0.3) is 0 Å². The maximum absolute atomic E-state index is 11.7. The Bertz CT molecular complexity index is 303. The molecule has 116 valence electrons. The van der Waals surface area contributed by atoms with E-state index in [4.69, 9.17) is 4.74 Å². The maximum Gasteiger partial charge on any atom is 0.319 e. The van der Waals surface area contributed by atoms with Gasteiger partial charge in [-0.05, 0) is 6.42 Å². The van der Waals surface area contributed by atoms with Crippen molar-refractivity contribution in [3.8, 4) is 0 Å². The molecule has 0 aliphatic rings. The van der Waals surface area contributed by atoms with E-state index in [-0.39, 0.29) is 25.5 Å². The number of esters is 2. The molecule has 0 fully saturated rings. The predicted molar refractivity (Wildman–Crippen MR) is 70.0 cm³/mol. The Morgan fingerprint density at radius 2 is 1.50 bits per heavy atom. The zero-order valence-corrected chi connectivity index (χ0v) is 12.1. The van der Waals surface area contributed by atoms with Crippen molar-refractivity contribution in [3.05, 3.63) is 0 Å². The molecule has 0 aromatic rings. The lowest BCUT2D eigenvalue weighted by Gasteiger charge is -2.19. The van der Waals surface area contributed by atoms with E-state index in [2.05, 4.69) is 14.8 Å². The van der Waals surface area contributed by atoms with Crippen LogP contribution in [-0.4, -0.2) is 76.9 Å². The highest BCUT2D eigenvalue weighted by atomic mass is 16.5. The van der Waals surface area contributed by atoms with Crippen molar-refractivity contribution in [1.29, 1.82) is 0 Å². The van der Waals surface area contributed by atoms with Gasteiger partial charge in [-0.3, -0.25) is 19.3 Å². The Kier molecular flexibility index (Phi) is 10.2. The molecule has 0 saturated heterocycles. The number of nitrogens with one attached hydrogen (secondary N) is 1. The molecule has 0 radical (unpaired) electrons. The van der Waals surface area contributed by atoms with E-state index < -0.39 is 11.9 Å². The minimum Gasteiger partial charge on any atom is -0.468 e. The zero-order valence-electron chi connectivity index (χ0n) is 12.1. The molecule has 8 heteroatoms. The van der Waals surface area contributed by atoms with Crippen molar-refractivity contribution in [1.82, 2.24) is 10.2 Å². The number of hydrogen-bond donors (Lipinski definition) is 1. The first-order chi connectivity index (χ1) is 9.53. The summed E-state index contributed by atoms with van der Waals surface area (Å²) in [6.45, 7) is 0.622. The second-order valence-electron chi connectivity index (χ2n) is 3.99. The first-order valence-corrected chi connectivity index (χ1v) is 6.15. The molecule has 1 amide bonds. The van der Waals surface area contributed by atoms with Crippen molar-refractivity contribution >= 4 is 17.8 Å². The molecule has 0 atom stereocenters. The number of ether oxygens (including phenoxy) is 3. The quantitative estimate of drug-likeness (QED) is 0.398. The van der Waals surface area contributed by atoms with Crippen molar-refractivity contribution in [2.45, 2.75) is 6.42 Å². The Labute approximate surface area is 118 Å². The van der Waals surface area contributed by atoms with E-state index in [0.717, 1.165) is 0 Å². The molecule has 0 rings (SSSR count). The largest absolute Gasteiger partial charge is 0.468 e. The second kappa shape index (κ2) is 11.2. The van der Waals surface area contributed by atoms with Gasteiger partial charge in [0.15, 0.2) is 0 Å². The second-order valence-corrected chi connectivity index (χ2v) is 3.99. The van der Waals surface area contributed by atoms with Crippen LogP contribution in [0.1, 0.15) is 6.42 Å². The molecule has 0 heterocycles. The predicted octanol–water partition coefficient (Wildman–Crippen LogP) is -1.21. The summed E-state index contributed by atoms with van der Waals surface area (Å²) in [5.41, 5.74) is 0. The first-order valence-electron chi connectivity index (χ1n) is 6.15. The highest BCUT2D eigenvalue weighted by Crippen LogP contribution is 1.92. The van der Waals surface area contributed by atoms with E-state index in [0.29, 0.717) is 19.6 Å². The van der Waals surface area contributed by atoms with Crippen LogP contribution in [-0.2, 0) is 28.6 Å². The fraction of sp³-hybridized carbons (Fsp3) is 0.750. The summed E-state index contributed by atoms with van der Waals surface area (Å²) >= 11 is 0. The number of hydrogen-bond acceptors (Lipinski definition) is 7. The fourth-order valence-electron chi connectivity index (χ4n) is 1.37. The van der Waals surface area contributed by atoms with E-state index >= 15 is 0 Å². The Morgan fingerprint density at radius 3 is 1.95 bits per heavy atom. The van der Waals surface area contributed by atoms with Gasteiger partial charge in [0, 0.05) is 20.3 Å². The Hall–Kier alpha value is -1.67. The molecule has 1 N–H and O–H groups in total. The number of rotatable bonds is 10. The summed E-state index contributed by atoms with van der Waals surface area (Å²) < 4.78 is 13.9. The van der Waals surface area contributed by atoms with Gasteiger partial charge in [-0.25, -0.2) is 0 Å². The van der Waals surface area contributed by atoms with Gasteiger partial charge in [0.25, 0.3) is 0 Å². The number of methoxy groups -OCH3 is 3. The monoisotopic (exact) mass is 290 g/mol. The topological polar surface area (TPSA) is 94.2 Å². The van der Waals surface area contributed by atoms with Crippen LogP contribution in [0, 0.1) is 0 Å². The van der Waals surface area contributed by atoms with Crippen molar-refractivity contribution in [2.24, 2.45) is 0 Å². The minimum atomic E-state index is -0.527. The van der Waals surface area contributed by atoms with Gasteiger partial charge >= 0.3 is 11.9 Å². The molecular formula is C12H22N2O6. The minimum absolute atomic E-state index is 0.0861. The van der Waals surface area contributed by atoms with E-state index in [1.54, 1.807) is 7.11 Å². The van der Waals surface area contributed by atoms with Crippen LogP contribution < -0.4 is 5.32 Å². The summed E-state index contributed by atoms with van der Waals surface area (Å²) in [6, 6.07) is 0. The third kappa shape index (κ3) is 9.29. The van der Waals surface area contributed by atoms with Crippen molar-refractivity contribution in [2.75, 3.05) is 54.1 Å². The standard InChI is InChI=1S/C12H22N2O6/c1-18-6-4-5-13-10(15)7-14(8-11(16)19-2)9-12(17)20-3/h4-9H2,1-3H3,(H,13,15). The lowest BCUT2D eigenvalue weighted by molar-refractivity contribution is -0.146. The summed E-state index contributed by atoms with van der Waals surface area (Å²) in [5.74, 6) is -1.34. The normalized spacial score (nSPS) is 10.2. The third-order valence-electron chi connectivity index (χ3n) is 2.38. The van der Waals surface area contributed by atoms with Crippen LogP contribution in [0.4, 0.5) is 0 Å². The van der Waals surface area contributed by atoms with Gasteiger partial charge in [0.1, 0.15) is 0 Å². The molecule has 0 aromatic heterocycles. The van der Waals surface area contributed by atoms with E-state index in [9.17, 15) is 14.4 Å². The van der Waals surface area contributed by atoms with Gasteiger partial charge in [0.2, 0.25) is 5.91 Å². The Morgan fingerprint density at radius 1 is 0.950 bits per heavy atom. The molecule has 0 unspecified atom stereocenters. The third-order valence-corrected chi connectivity index (χ3v) is 2.38. The number of carbonyl (C=O) groups is 3. The van der Waals surface area contributed by atoms with Crippen LogP contribution in [0.3, 0.4) is 0 Å². The lowest BCUT2D eigenvalue weighted by atomic mass is 10.4. The average molecular weight is 290 g/mol. The summed E-state index contributed by atoms with van der Waals surface area (Å²) in [4.78, 5) is 35.4. The molecule has 8 nitrogen and oxygen atoms in total. The van der Waals surface area contributed by atoms with Gasteiger partial charge in [-0.2, -0.15) is 0 Å². The molecule has 0 aliphatic carbocycles. The van der Waals surface area contributed by atoms with Gasteiger partial charge in [-0.15, -0.1) is 0 Å². The molecule has 0 aromatic carbocycles. The summed E-state index contributed by atoms with van der Waals surface area (Å²) in [7, 11) is 4.06. The van der Waals surface area contributed by atoms with Crippen molar-refractivity contribution < 1.29 is 28.6 Å². The Balaban J connectivity index is 4.21. The molecule has 0 bridgehead atoms. The highest BCUT2D eigenvalue weighted by Gasteiger charge is 2.18. The average Bonchev–Trinajstić information content (AvgIpc) is 2.43. The SMILES string of the molecule is COCCCNC(=O)CN(CC(=O)OC)CC(=O)OC. The van der Waals surface area contributed by atoms with Gasteiger partial charge < -0.3 is 19.5 Å². The lowest BCUT2D eigenvalue weighted by Crippen LogP contribution is -2.43. The molecule has 0 aliphatic heterocycles. The number of nitrogens with zero attached hydrogens (tertiary/aromatic N) is 1. The van der Waals surface area contributed by atoms with Crippen LogP contribution in [0.5, 0.6) is 0 Å². The molecule has 0 spiro atoms. The smallest absolute Gasteiger partial charge is 0.319 e. The fourth-order valence-corrected chi connectivity index (χ4v) is 1.37. The van der Waals surface area contributed by atoms with Gasteiger partial charge in [0.05, 0.1) is 33.9 Å². The zero-order chi connectivity index (χ0) is 15.4. The van der Waals surface area contributed by atoms with Crippen molar-refractivity contribution in [3.63, 3.8) is 0 Å². The summed E-state index contributed by atoms with van der Waals surface area (Å²) in [5, 5.41) is 2.67. The number of carbonyl (C=O) groups excluding carboxylic acids is 3. The maximum atomic E-state index is 11.7. The van der Waals surface area contributed by atoms with Crippen LogP contribution in [0.15, 0.2) is 0 Å². The first kappa shape index (κ1) is 18.3. The van der Waals surface area contributed by atoms with E-state index in [1.807, 2.05) is 0 Å². The molecular weight excluding hydrogens is 268 g/mol. The summed E-state index contributed by atoms with van der Waals surface area (Å²) in [6.07, 6.45) is 0.691. The van der Waals surface area contributed by atoms with Crippen LogP contribution in [0.2, 0.25) is 0 Å². The number of amides is 1. The highest BCUT2D eigenvalue weighted by molar-refractivity contribution is 5.80. The molecule has 0 saturated carbocycles. The van der Waals surface area contributed by atoms with E-state index in [1.165, 1.54) is 19.1 Å². The van der Waals surface area contributed by atoms with Gasteiger partial charge in [-0.1, -0.05) is 0 Å². The van der Waals surface area contributed by atoms with Crippen LogP contribution >= 0.6 is 0 Å².